The first kappa shape index (κ1) is 17.6. The number of hydrogen-bond acceptors (Lipinski definition) is 3. The molecule has 25 heavy (non-hydrogen) atoms. The minimum absolute atomic E-state index is 0.218. The van der Waals surface area contributed by atoms with Crippen LogP contribution in [0.1, 0.15) is 30.5 Å². The van der Waals surface area contributed by atoms with Crippen molar-refractivity contribution in [2.45, 2.75) is 37.9 Å². The van der Waals surface area contributed by atoms with Gasteiger partial charge in [-0.3, -0.25) is 9.69 Å². The molecular weight excluding hydrogens is 312 g/mol. The van der Waals surface area contributed by atoms with Crippen LogP contribution in [0.2, 0.25) is 0 Å². The lowest BCUT2D eigenvalue weighted by molar-refractivity contribution is -0.139. The number of likely N-dealkylation sites (tertiary alicyclic amines) is 1. The van der Waals surface area contributed by atoms with Gasteiger partial charge in [0.2, 0.25) is 0 Å². The highest BCUT2D eigenvalue weighted by Gasteiger charge is 2.30. The van der Waals surface area contributed by atoms with Gasteiger partial charge in [0.05, 0.1) is 0 Å². The van der Waals surface area contributed by atoms with E-state index in [2.05, 4.69) is 41.4 Å². The predicted molar refractivity (Wildman–Crippen MR) is 99.5 cm³/mol. The molecule has 2 unspecified atom stereocenters. The Hall–Kier alpha value is -2.17. The highest BCUT2D eigenvalue weighted by Crippen LogP contribution is 2.24. The van der Waals surface area contributed by atoms with Crippen molar-refractivity contribution in [3.05, 3.63) is 71.8 Å². The van der Waals surface area contributed by atoms with Gasteiger partial charge < -0.3 is 10.4 Å². The molecule has 132 valence electrons. The van der Waals surface area contributed by atoms with E-state index in [-0.39, 0.29) is 6.04 Å². The summed E-state index contributed by atoms with van der Waals surface area (Å²) < 4.78 is 0. The molecule has 4 nitrogen and oxygen atoms in total. The zero-order valence-corrected chi connectivity index (χ0v) is 14.6. The van der Waals surface area contributed by atoms with Crippen molar-refractivity contribution in [1.29, 1.82) is 0 Å². The molecule has 1 heterocycles. The molecule has 3 atom stereocenters. The second-order valence-electron chi connectivity index (χ2n) is 6.81. The second-order valence-corrected chi connectivity index (χ2v) is 6.81. The van der Waals surface area contributed by atoms with Gasteiger partial charge in [0, 0.05) is 25.2 Å². The van der Waals surface area contributed by atoms with E-state index in [1.165, 1.54) is 5.56 Å². The van der Waals surface area contributed by atoms with Crippen LogP contribution in [-0.4, -0.2) is 41.1 Å². The van der Waals surface area contributed by atoms with E-state index in [1.54, 1.807) is 0 Å². The number of carboxylic acid groups (broad SMARTS) is 1. The van der Waals surface area contributed by atoms with Gasteiger partial charge >= 0.3 is 5.97 Å². The average molecular weight is 338 g/mol. The summed E-state index contributed by atoms with van der Waals surface area (Å²) in [5.41, 5.74) is 2.36. The van der Waals surface area contributed by atoms with Crippen LogP contribution in [0, 0.1) is 0 Å². The first-order valence-electron chi connectivity index (χ1n) is 8.95. The van der Waals surface area contributed by atoms with Crippen molar-refractivity contribution in [1.82, 2.24) is 10.2 Å². The molecule has 2 aromatic carbocycles. The molecule has 2 aromatic rings. The SMILES string of the molecule is CC(c1ccccc1)N1CCC(N[C@@H](Cc2ccccc2)C(=O)O)C1. The Morgan fingerprint density at radius 3 is 2.44 bits per heavy atom. The molecule has 2 N–H and O–H groups in total. The van der Waals surface area contributed by atoms with Crippen LogP contribution >= 0.6 is 0 Å². The molecule has 0 radical (unpaired) electrons. The van der Waals surface area contributed by atoms with Crippen LogP contribution in [-0.2, 0) is 11.2 Å². The molecule has 1 aliphatic heterocycles. The molecule has 0 spiro atoms. The number of carboxylic acids is 1. The van der Waals surface area contributed by atoms with Gasteiger partial charge in [-0.15, -0.1) is 0 Å². The molecule has 4 heteroatoms. The standard InChI is InChI=1S/C21H26N2O2/c1-16(18-10-6-3-7-11-18)23-13-12-19(15-23)22-20(21(24)25)14-17-8-4-2-5-9-17/h2-11,16,19-20,22H,12-15H2,1H3,(H,24,25)/t16?,19?,20-/m0/s1. The minimum Gasteiger partial charge on any atom is -0.480 e. The average Bonchev–Trinajstić information content (AvgIpc) is 3.10. The van der Waals surface area contributed by atoms with E-state index in [4.69, 9.17) is 0 Å². The highest BCUT2D eigenvalue weighted by atomic mass is 16.4. The van der Waals surface area contributed by atoms with Gasteiger partial charge in [-0.05, 0) is 30.9 Å². The summed E-state index contributed by atoms with van der Waals surface area (Å²) in [6.07, 6.45) is 1.50. The third-order valence-corrected chi connectivity index (χ3v) is 5.07. The number of aliphatic carboxylic acids is 1. The van der Waals surface area contributed by atoms with Crippen molar-refractivity contribution in [3.63, 3.8) is 0 Å². The smallest absolute Gasteiger partial charge is 0.321 e. The van der Waals surface area contributed by atoms with E-state index < -0.39 is 12.0 Å². The summed E-state index contributed by atoms with van der Waals surface area (Å²) in [5.74, 6) is -0.779. The molecule has 0 aliphatic carbocycles. The van der Waals surface area contributed by atoms with Crippen molar-refractivity contribution >= 4 is 5.97 Å². The topological polar surface area (TPSA) is 52.6 Å². The summed E-state index contributed by atoms with van der Waals surface area (Å²) in [4.78, 5) is 14.1. The maximum atomic E-state index is 11.7. The molecular formula is C21H26N2O2. The van der Waals surface area contributed by atoms with Crippen LogP contribution in [0.25, 0.3) is 0 Å². The van der Waals surface area contributed by atoms with E-state index >= 15 is 0 Å². The lowest BCUT2D eigenvalue weighted by Gasteiger charge is -2.25. The number of nitrogens with one attached hydrogen (secondary N) is 1. The van der Waals surface area contributed by atoms with E-state index in [1.807, 2.05) is 36.4 Å². The van der Waals surface area contributed by atoms with Crippen LogP contribution in [0.5, 0.6) is 0 Å². The van der Waals surface area contributed by atoms with Crippen LogP contribution in [0.4, 0.5) is 0 Å². The van der Waals surface area contributed by atoms with E-state index in [0.717, 1.165) is 25.1 Å². The Morgan fingerprint density at radius 2 is 1.80 bits per heavy atom. The molecule has 0 aromatic heterocycles. The molecule has 3 rings (SSSR count). The third-order valence-electron chi connectivity index (χ3n) is 5.07. The van der Waals surface area contributed by atoms with Crippen LogP contribution in [0.3, 0.4) is 0 Å². The molecule has 0 saturated carbocycles. The lowest BCUT2D eigenvalue weighted by Crippen LogP contribution is -2.46. The zero-order chi connectivity index (χ0) is 17.6. The first-order valence-corrected chi connectivity index (χ1v) is 8.95. The van der Waals surface area contributed by atoms with Gasteiger partial charge in [-0.25, -0.2) is 0 Å². The summed E-state index contributed by atoms with van der Waals surface area (Å²) >= 11 is 0. The second kappa shape index (κ2) is 8.28. The largest absolute Gasteiger partial charge is 0.480 e. The first-order chi connectivity index (χ1) is 12.1. The number of benzene rings is 2. The highest BCUT2D eigenvalue weighted by molar-refractivity contribution is 5.74. The summed E-state index contributed by atoms with van der Waals surface area (Å²) in [5, 5.41) is 12.9. The molecule has 1 aliphatic rings. The fourth-order valence-corrected chi connectivity index (χ4v) is 3.57. The van der Waals surface area contributed by atoms with Crippen LogP contribution in [0.15, 0.2) is 60.7 Å². The lowest BCUT2D eigenvalue weighted by atomic mass is 10.0. The molecule has 1 fully saturated rings. The number of nitrogens with zero attached hydrogens (tertiary/aromatic N) is 1. The Morgan fingerprint density at radius 1 is 1.16 bits per heavy atom. The van der Waals surface area contributed by atoms with Crippen molar-refractivity contribution < 1.29 is 9.90 Å². The van der Waals surface area contributed by atoms with Gasteiger partial charge in [0.1, 0.15) is 6.04 Å². The van der Waals surface area contributed by atoms with Gasteiger partial charge in [-0.2, -0.15) is 0 Å². The van der Waals surface area contributed by atoms with E-state index in [9.17, 15) is 9.90 Å². The fourth-order valence-electron chi connectivity index (χ4n) is 3.57. The number of rotatable bonds is 7. The van der Waals surface area contributed by atoms with E-state index in [0.29, 0.717) is 12.5 Å². The summed E-state index contributed by atoms with van der Waals surface area (Å²) in [6.45, 7) is 4.09. The monoisotopic (exact) mass is 338 g/mol. The van der Waals surface area contributed by atoms with Crippen LogP contribution < -0.4 is 5.32 Å². The summed E-state index contributed by atoms with van der Waals surface area (Å²) in [7, 11) is 0. The van der Waals surface area contributed by atoms with Gasteiger partial charge in [-0.1, -0.05) is 60.7 Å². The van der Waals surface area contributed by atoms with Gasteiger partial charge in [0.25, 0.3) is 0 Å². The van der Waals surface area contributed by atoms with Crippen molar-refractivity contribution in [3.8, 4) is 0 Å². The quantitative estimate of drug-likeness (QED) is 0.814. The molecule has 1 saturated heterocycles. The number of hydrogen-bond donors (Lipinski definition) is 2. The fraction of sp³-hybridized carbons (Fsp3) is 0.381. The summed E-state index contributed by atoms with van der Waals surface area (Å²) in [6, 6.07) is 20.3. The Kier molecular flexibility index (Phi) is 5.84. The molecule has 0 amide bonds. The zero-order valence-electron chi connectivity index (χ0n) is 14.6. The minimum atomic E-state index is -0.779. The third kappa shape index (κ3) is 4.68. The maximum absolute atomic E-state index is 11.7. The maximum Gasteiger partial charge on any atom is 0.321 e. The normalized spacial score (nSPS) is 20.3. The Labute approximate surface area is 149 Å². The van der Waals surface area contributed by atoms with Crippen molar-refractivity contribution in [2.24, 2.45) is 0 Å². The Bertz CT molecular complexity index is 675. The number of carbonyl (C=O) groups is 1. The Balaban J connectivity index is 1.58. The molecule has 0 bridgehead atoms. The predicted octanol–water partition coefficient (Wildman–Crippen LogP) is 3.11. The van der Waals surface area contributed by atoms with Gasteiger partial charge in [0.15, 0.2) is 0 Å². The van der Waals surface area contributed by atoms with Crippen molar-refractivity contribution in [2.75, 3.05) is 13.1 Å².